The van der Waals surface area contributed by atoms with Crippen molar-refractivity contribution in [3.8, 4) is 23.0 Å². The molecule has 0 aromatic heterocycles. The van der Waals surface area contributed by atoms with Crippen molar-refractivity contribution >= 4 is 11.8 Å². The van der Waals surface area contributed by atoms with Gasteiger partial charge < -0.3 is 38.2 Å². The van der Waals surface area contributed by atoms with Crippen LogP contribution < -0.4 is 18.9 Å². The molecule has 4 aromatic carbocycles. The predicted molar refractivity (Wildman–Crippen MR) is 197 cm³/mol. The van der Waals surface area contributed by atoms with Gasteiger partial charge in [-0.25, -0.2) is 0 Å². The molecule has 0 bridgehead atoms. The van der Waals surface area contributed by atoms with Crippen LogP contribution in [0.15, 0.2) is 135 Å². The first-order chi connectivity index (χ1) is 25.6. The Kier molecular flexibility index (Phi) is 12.6. The molecule has 2 heterocycles. The van der Waals surface area contributed by atoms with Gasteiger partial charge in [-0.15, -0.1) is 0 Å². The van der Waals surface area contributed by atoms with Crippen molar-refractivity contribution < 1.29 is 38.0 Å². The normalized spacial score (nSPS) is 19.3. The van der Waals surface area contributed by atoms with E-state index in [4.69, 9.17) is 28.4 Å². The van der Waals surface area contributed by atoms with Crippen molar-refractivity contribution in [1.29, 1.82) is 0 Å². The van der Waals surface area contributed by atoms with Gasteiger partial charge in [-0.2, -0.15) is 0 Å². The Morgan fingerprint density at radius 1 is 0.500 bits per heavy atom. The van der Waals surface area contributed by atoms with Gasteiger partial charge in [-0.1, -0.05) is 110 Å². The minimum absolute atomic E-state index is 0.116. The highest BCUT2D eigenvalue weighted by atomic mass is 16.5. The second kappa shape index (κ2) is 18.1. The fraction of sp³-hybridized carbons (Fsp3) is 0.286. The number of rotatable bonds is 21. The van der Waals surface area contributed by atoms with Crippen molar-refractivity contribution in [2.24, 2.45) is 0 Å². The maximum absolute atomic E-state index is 13.3. The topological polar surface area (TPSA) is 96.0 Å². The molecule has 4 aromatic rings. The van der Waals surface area contributed by atoms with E-state index in [9.17, 15) is 9.59 Å². The van der Waals surface area contributed by atoms with Gasteiger partial charge in [0, 0.05) is 13.1 Å². The molecule has 0 N–H and O–H groups in total. The summed E-state index contributed by atoms with van der Waals surface area (Å²) in [7, 11) is 0. The van der Waals surface area contributed by atoms with E-state index in [2.05, 4.69) is 13.2 Å². The van der Waals surface area contributed by atoms with Crippen LogP contribution in [0.3, 0.4) is 0 Å². The highest BCUT2D eigenvalue weighted by Gasteiger charge is 2.51. The minimum atomic E-state index is -0.687. The number of likely N-dealkylation sites (tertiary alicyclic amines) is 2. The van der Waals surface area contributed by atoms with Gasteiger partial charge in [0.25, 0.3) is 11.8 Å². The third kappa shape index (κ3) is 8.47. The molecule has 2 saturated heterocycles. The lowest BCUT2D eigenvalue weighted by molar-refractivity contribution is -0.166. The summed E-state index contributed by atoms with van der Waals surface area (Å²) in [5.41, 5.74) is 1.96. The van der Waals surface area contributed by atoms with Gasteiger partial charge in [0.05, 0.1) is 26.4 Å². The van der Waals surface area contributed by atoms with Crippen molar-refractivity contribution in [2.75, 3.05) is 52.7 Å². The molecular formula is C42H44N2O8. The van der Waals surface area contributed by atoms with E-state index in [0.29, 0.717) is 75.7 Å². The number of carbonyl (C=O) groups is 2. The smallest absolute Gasteiger partial charge is 0.266 e. The molecule has 2 aliphatic heterocycles. The van der Waals surface area contributed by atoms with Gasteiger partial charge in [0.15, 0.2) is 23.0 Å². The molecule has 6 rings (SSSR count). The highest BCUT2D eigenvalue weighted by molar-refractivity contribution is 5.90. The molecule has 2 fully saturated rings. The molecule has 2 aliphatic rings. The summed E-state index contributed by atoms with van der Waals surface area (Å²) in [6, 6.07) is 33.7. The number of para-hydroxylation sites is 4. The maximum atomic E-state index is 13.3. The zero-order valence-electron chi connectivity index (χ0n) is 29.1. The Morgan fingerprint density at radius 3 is 1.25 bits per heavy atom. The lowest BCUT2D eigenvalue weighted by Gasteiger charge is -2.47. The zero-order valence-corrected chi connectivity index (χ0v) is 29.1. The molecule has 52 heavy (non-hydrogen) atoms. The molecule has 0 radical (unpaired) electrons. The third-order valence-electron chi connectivity index (χ3n) is 8.82. The van der Waals surface area contributed by atoms with E-state index in [1.165, 1.54) is 0 Å². The number of benzene rings is 4. The van der Waals surface area contributed by atoms with Gasteiger partial charge in [-0.05, 0) is 35.4 Å². The standard InChI is InChI=1S/C42H44N2O8/c1-3-25-49-33-19-11-13-21-35(33)51-39-37(31-15-7-5-8-16-31)43(41(39)45)23-27-47-29-30-48-28-24-44-38(32-17-9-6-10-18-32)40(42(44)46)52-36-22-14-12-20-34(36)50-26-4-2/h3-22,37-40H,1-2,23-30H2/t37-,38+,39+,40-. The highest BCUT2D eigenvalue weighted by Crippen LogP contribution is 2.41. The van der Waals surface area contributed by atoms with E-state index in [1.54, 1.807) is 34.1 Å². The van der Waals surface area contributed by atoms with Crippen LogP contribution in [0.4, 0.5) is 0 Å². The average Bonchev–Trinajstić information content (AvgIpc) is 3.19. The average molecular weight is 705 g/mol. The van der Waals surface area contributed by atoms with Crippen molar-refractivity contribution in [3.63, 3.8) is 0 Å². The Bertz CT molecular complexity index is 1650. The fourth-order valence-corrected chi connectivity index (χ4v) is 6.32. The Morgan fingerprint density at radius 2 is 0.865 bits per heavy atom. The van der Waals surface area contributed by atoms with Crippen molar-refractivity contribution in [2.45, 2.75) is 24.3 Å². The molecule has 4 atom stereocenters. The predicted octanol–water partition coefficient (Wildman–Crippen LogP) is 6.21. The van der Waals surface area contributed by atoms with Crippen LogP contribution in [0.2, 0.25) is 0 Å². The van der Waals surface area contributed by atoms with Crippen molar-refractivity contribution in [3.05, 3.63) is 146 Å². The SMILES string of the molecule is C=CCOc1ccccc1O[C@@H]1C(=O)N(CCOCCOCCN2C(=O)[C@H](Oc3ccccc3OCC=C)[C@@H]2c2ccccc2)[C@@H]1c1ccccc1. The largest absolute Gasteiger partial charge is 0.486 e. The molecule has 0 unspecified atom stereocenters. The fourth-order valence-electron chi connectivity index (χ4n) is 6.32. The molecule has 0 saturated carbocycles. The van der Waals surface area contributed by atoms with Crippen LogP contribution in [0.5, 0.6) is 23.0 Å². The van der Waals surface area contributed by atoms with E-state index < -0.39 is 12.2 Å². The number of β-lactam (4-membered cyclic amide) rings is 2. The quantitative estimate of drug-likeness (QED) is 0.0574. The summed E-state index contributed by atoms with van der Waals surface area (Å²) in [4.78, 5) is 30.2. The molecular weight excluding hydrogens is 660 g/mol. The summed E-state index contributed by atoms with van der Waals surface area (Å²) in [5, 5.41) is 0. The van der Waals surface area contributed by atoms with Crippen LogP contribution in [0.1, 0.15) is 23.2 Å². The number of carbonyl (C=O) groups excluding carboxylic acids is 2. The first-order valence-corrected chi connectivity index (χ1v) is 17.5. The lowest BCUT2D eigenvalue weighted by atomic mass is 9.90. The van der Waals surface area contributed by atoms with Crippen LogP contribution in [-0.4, -0.2) is 86.6 Å². The van der Waals surface area contributed by atoms with Gasteiger partial charge in [-0.3, -0.25) is 9.59 Å². The first kappa shape index (κ1) is 36.2. The summed E-state index contributed by atoms with van der Waals surface area (Å²) in [6.45, 7) is 10.2. The number of hydrogen-bond donors (Lipinski definition) is 0. The first-order valence-electron chi connectivity index (χ1n) is 17.5. The van der Waals surface area contributed by atoms with E-state index >= 15 is 0 Å². The number of amides is 2. The Hall–Kier alpha value is -5.58. The summed E-state index contributed by atoms with van der Waals surface area (Å²) in [5.74, 6) is 1.90. The number of hydrogen-bond acceptors (Lipinski definition) is 8. The molecule has 0 spiro atoms. The van der Waals surface area contributed by atoms with E-state index in [-0.39, 0.29) is 23.9 Å². The van der Waals surface area contributed by atoms with E-state index in [0.717, 1.165) is 11.1 Å². The number of nitrogens with zero attached hydrogens (tertiary/aromatic N) is 2. The van der Waals surface area contributed by atoms with Gasteiger partial charge in [0.1, 0.15) is 25.3 Å². The lowest BCUT2D eigenvalue weighted by Crippen LogP contribution is -2.62. The zero-order chi connectivity index (χ0) is 36.1. The molecule has 0 aliphatic carbocycles. The Balaban J connectivity index is 0.966. The maximum Gasteiger partial charge on any atom is 0.266 e. The third-order valence-corrected chi connectivity index (χ3v) is 8.82. The molecule has 10 heteroatoms. The summed E-state index contributed by atoms with van der Waals surface area (Å²) < 4.78 is 35.7. The monoisotopic (exact) mass is 704 g/mol. The minimum Gasteiger partial charge on any atom is -0.486 e. The van der Waals surface area contributed by atoms with Crippen LogP contribution >= 0.6 is 0 Å². The number of ether oxygens (including phenoxy) is 6. The van der Waals surface area contributed by atoms with Crippen LogP contribution in [-0.2, 0) is 19.1 Å². The van der Waals surface area contributed by atoms with E-state index in [1.807, 2.05) is 97.1 Å². The van der Waals surface area contributed by atoms with Gasteiger partial charge >= 0.3 is 0 Å². The van der Waals surface area contributed by atoms with Crippen LogP contribution in [0.25, 0.3) is 0 Å². The second-order valence-electron chi connectivity index (χ2n) is 12.2. The van der Waals surface area contributed by atoms with Crippen molar-refractivity contribution in [1.82, 2.24) is 9.80 Å². The summed E-state index contributed by atoms with van der Waals surface area (Å²) in [6.07, 6.45) is 1.95. The molecule has 270 valence electrons. The van der Waals surface area contributed by atoms with Gasteiger partial charge in [0.2, 0.25) is 12.2 Å². The molecule has 2 amide bonds. The summed E-state index contributed by atoms with van der Waals surface area (Å²) >= 11 is 0. The second-order valence-corrected chi connectivity index (χ2v) is 12.2. The Labute approximate surface area is 304 Å². The molecule has 10 nitrogen and oxygen atoms in total. The van der Waals surface area contributed by atoms with Crippen LogP contribution in [0, 0.1) is 0 Å².